The first kappa shape index (κ1) is 27.1. The van der Waals surface area contributed by atoms with E-state index in [9.17, 15) is 0 Å². The molecular formula is C47H29NOS. The molecule has 3 heteroatoms. The normalized spacial score (nSPS) is 14.7. The maximum atomic E-state index is 6.32. The Labute approximate surface area is 293 Å². The Morgan fingerprint density at radius 1 is 0.520 bits per heavy atom. The van der Waals surface area contributed by atoms with Gasteiger partial charge in [-0.3, -0.25) is 0 Å². The molecule has 50 heavy (non-hydrogen) atoms. The highest BCUT2D eigenvalue weighted by molar-refractivity contribution is 7.99. The Morgan fingerprint density at radius 2 is 1.20 bits per heavy atom. The third-order valence-electron chi connectivity index (χ3n) is 11.6. The average Bonchev–Trinajstić information content (AvgIpc) is 3.82. The first-order chi connectivity index (χ1) is 24.8. The van der Waals surface area contributed by atoms with E-state index in [1.54, 1.807) is 0 Å². The van der Waals surface area contributed by atoms with Crippen molar-refractivity contribution < 1.29 is 4.42 Å². The lowest BCUT2D eigenvalue weighted by atomic mass is 9.67. The fraction of sp³-hybridized carbons (Fsp3) is 0.0638. The summed E-state index contributed by atoms with van der Waals surface area (Å²) >= 11 is 1.94. The lowest BCUT2D eigenvalue weighted by molar-refractivity contribution is 0.669. The highest BCUT2D eigenvalue weighted by Gasteiger charge is 2.50. The zero-order valence-corrected chi connectivity index (χ0v) is 27.9. The maximum absolute atomic E-state index is 6.32. The standard InChI is InChI=1S/C47H29NOS/c1-2-12-30-28(11-1)21-25-40-44(30)34-23-24-39-46(45(34)48(40)29-22-26-42-35(27-29)33-15-5-9-19-41(33)49-42)50-43-20-10-8-18-38(43)47(39)36-16-6-3-13-31(36)32-14-4-7-17-37(32)47/h1-20,22-24,26-27H,21,25H2. The van der Waals surface area contributed by atoms with Gasteiger partial charge in [0.15, 0.2) is 0 Å². The van der Waals surface area contributed by atoms with Crippen molar-refractivity contribution in [3.63, 3.8) is 0 Å². The number of aromatic nitrogens is 1. The second-order valence-electron chi connectivity index (χ2n) is 13.9. The van der Waals surface area contributed by atoms with Gasteiger partial charge in [0, 0.05) is 42.9 Å². The monoisotopic (exact) mass is 655 g/mol. The first-order valence-corrected chi connectivity index (χ1v) is 18.3. The van der Waals surface area contributed by atoms with Crippen LogP contribution in [0.25, 0.3) is 60.8 Å². The largest absolute Gasteiger partial charge is 0.456 e. The van der Waals surface area contributed by atoms with Crippen LogP contribution < -0.4 is 0 Å². The van der Waals surface area contributed by atoms with Gasteiger partial charge < -0.3 is 8.98 Å². The summed E-state index contributed by atoms with van der Waals surface area (Å²) in [5, 5.41) is 3.64. The minimum Gasteiger partial charge on any atom is -0.456 e. The molecule has 3 heterocycles. The van der Waals surface area contributed by atoms with Gasteiger partial charge in [-0.05, 0) is 87.7 Å². The second kappa shape index (κ2) is 9.68. The van der Waals surface area contributed by atoms with Gasteiger partial charge in [0.1, 0.15) is 11.2 Å². The molecule has 9 aromatic rings. The van der Waals surface area contributed by atoms with Gasteiger partial charge in [-0.2, -0.15) is 0 Å². The van der Waals surface area contributed by atoms with E-state index in [2.05, 4.69) is 156 Å². The number of aryl methyl sites for hydroxylation is 1. The van der Waals surface area contributed by atoms with E-state index >= 15 is 0 Å². The topological polar surface area (TPSA) is 18.1 Å². The van der Waals surface area contributed by atoms with Gasteiger partial charge in [0.25, 0.3) is 0 Å². The van der Waals surface area contributed by atoms with Crippen molar-refractivity contribution in [1.29, 1.82) is 0 Å². The van der Waals surface area contributed by atoms with Crippen molar-refractivity contribution in [1.82, 2.24) is 4.57 Å². The molecule has 1 aliphatic heterocycles. The maximum Gasteiger partial charge on any atom is 0.135 e. The van der Waals surface area contributed by atoms with Crippen LogP contribution in [0, 0.1) is 0 Å². The lowest BCUT2D eigenvalue weighted by Gasteiger charge is -2.40. The minimum absolute atomic E-state index is 0.420. The van der Waals surface area contributed by atoms with Gasteiger partial charge >= 0.3 is 0 Å². The zero-order chi connectivity index (χ0) is 32.6. The highest BCUT2D eigenvalue weighted by Crippen LogP contribution is 2.63. The molecule has 0 N–H and O–H groups in total. The van der Waals surface area contributed by atoms with E-state index in [1.807, 2.05) is 11.8 Å². The van der Waals surface area contributed by atoms with E-state index in [1.165, 1.54) is 82.1 Å². The van der Waals surface area contributed by atoms with Gasteiger partial charge in [0.2, 0.25) is 0 Å². The number of benzene rings is 7. The third-order valence-corrected chi connectivity index (χ3v) is 12.8. The minimum atomic E-state index is -0.420. The number of fused-ring (bicyclic) bond motifs is 18. The Morgan fingerprint density at radius 3 is 2.04 bits per heavy atom. The molecule has 0 atom stereocenters. The quantitative estimate of drug-likeness (QED) is 0.175. The van der Waals surface area contributed by atoms with Crippen LogP contribution in [0.2, 0.25) is 0 Å². The summed E-state index contributed by atoms with van der Waals surface area (Å²) in [6.45, 7) is 0. The number of nitrogens with zero attached hydrogens (tertiary/aromatic N) is 1. The van der Waals surface area contributed by atoms with Crippen molar-refractivity contribution in [2.75, 3.05) is 0 Å². The van der Waals surface area contributed by atoms with Crippen molar-refractivity contribution in [3.8, 4) is 27.9 Å². The molecule has 0 bridgehead atoms. The fourth-order valence-electron chi connectivity index (χ4n) is 9.64. The summed E-state index contributed by atoms with van der Waals surface area (Å²) in [4.78, 5) is 2.66. The molecule has 0 amide bonds. The Hall–Kier alpha value is -5.77. The SMILES string of the molecule is c1ccc2c(c1)CCc1c-2c2ccc3c(c2n1-c1ccc2oc4ccccc4c2c1)Sc1ccccc1C31c2ccccc2-c2ccccc21. The molecule has 1 spiro atoms. The third kappa shape index (κ3) is 3.27. The molecule has 7 aromatic carbocycles. The van der Waals surface area contributed by atoms with Crippen LogP contribution in [0.5, 0.6) is 0 Å². The van der Waals surface area contributed by atoms with Crippen LogP contribution in [0.3, 0.4) is 0 Å². The van der Waals surface area contributed by atoms with E-state index in [-0.39, 0.29) is 0 Å². The molecule has 12 rings (SSSR count). The summed E-state index contributed by atoms with van der Waals surface area (Å²) in [6, 6.07) is 56.4. The van der Waals surface area contributed by atoms with Gasteiger partial charge in [-0.1, -0.05) is 133 Å². The number of rotatable bonds is 1. The second-order valence-corrected chi connectivity index (χ2v) is 14.9. The average molecular weight is 656 g/mol. The highest BCUT2D eigenvalue weighted by atomic mass is 32.2. The fourth-order valence-corrected chi connectivity index (χ4v) is 11.0. The molecule has 2 aromatic heterocycles. The molecule has 2 aliphatic carbocycles. The molecule has 234 valence electrons. The zero-order valence-electron chi connectivity index (χ0n) is 27.1. The van der Waals surface area contributed by atoms with E-state index in [0.29, 0.717) is 0 Å². The van der Waals surface area contributed by atoms with E-state index in [0.717, 1.165) is 34.8 Å². The predicted molar refractivity (Wildman–Crippen MR) is 205 cm³/mol. The number of para-hydroxylation sites is 1. The van der Waals surface area contributed by atoms with Crippen LogP contribution in [0.15, 0.2) is 166 Å². The lowest BCUT2D eigenvalue weighted by Crippen LogP contribution is -2.32. The van der Waals surface area contributed by atoms with Gasteiger partial charge in [-0.15, -0.1) is 0 Å². The van der Waals surface area contributed by atoms with Crippen molar-refractivity contribution in [2.24, 2.45) is 0 Å². The summed E-state index contributed by atoms with van der Waals surface area (Å²) in [5.41, 5.74) is 17.6. The van der Waals surface area contributed by atoms with E-state index in [4.69, 9.17) is 4.42 Å². The van der Waals surface area contributed by atoms with Crippen LogP contribution in [0.1, 0.15) is 33.5 Å². The summed E-state index contributed by atoms with van der Waals surface area (Å²) in [7, 11) is 0. The van der Waals surface area contributed by atoms with Gasteiger partial charge in [-0.25, -0.2) is 0 Å². The smallest absolute Gasteiger partial charge is 0.135 e. The summed E-state index contributed by atoms with van der Waals surface area (Å²) < 4.78 is 8.93. The number of furan rings is 1. The molecule has 0 radical (unpaired) electrons. The van der Waals surface area contributed by atoms with Crippen LogP contribution >= 0.6 is 11.8 Å². The van der Waals surface area contributed by atoms with Crippen molar-refractivity contribution >= 4 is 44.6 Å². The van der Waals surface area contributed by atoms with Crippen LogP contribution in [0.4, 0.5) is 0 Å². The van der Waals surface area contributed by atoms with Crippen molar-refractivity contribution in [3.05, 3.63) is 185 Å². The van der Waals surface area contributed by atoms with Crippen LogP contribution in [-0.4, -0.2) is 4.57 Å². The Kier molecular flexibility index (Phi) is 5.25. The molecule has 0 unspecified atom stereocenters. The predicted octanol–water partition coefficient (Wildman–Crippen LogP) is 12.1. The molecule has 0 saturated heterocycles. The Balaban J connectivity index is 1.26. The molecule has 2 nitrogen and oxygen atoms in total. The number of hydrogen-bond donors (Lipinski definition) is 0. The summed E-state index contributed by atoms with van der Waals surface area (Å²) in [5.74, 6) is 0. The Bertz CT molecular complexity index is 2880. The number of hydrogen-bond acceptors (Lipinski definition) is 2. The van der Waals surface area contributed by atoms with Gasteiger partial charge in [0.05, 0.1) is 10.9 Å². The van der Waals surface area contributed by atoms with E-state index < -0.39 is 5.41 Å². The molecule has 0 fully saturated rings. The molecule has 0 saturated carbocycles. The molecular weight excluding hydrogens is 627 g/mol. The van der Waals surface area contributed by atoms with Crippen molar-refractivity contribution in [2.45, 2.75) is 28.0 Å². The summed E-state index contributed by atoms with van der Waals surface area (Å²) in [6.07, 6.45) is 2.01. The molecule has 3 aliphatic rings. The first-order valence-electron chi connectivity index (χ1n) is 17.5. The van der Waals surface area contributed by atoms with Crippen LogP contribution in [-0.2, 0) is 18.3 Å².